The van der Waals surface area contributed by atoms with Crippen LogP contribution in [0.2, 0.25) is 0 Å². The predicted molar refractivity (Wildman–Crippen MR) is 71.7 cm³/mol. The van der Waals surface area contributed by atoms with Gasteiger partial charge < -0.3 is 10.4 Å². The van der Waals surface area contributed by atoms with Crippen LogP contribution in [0, 0.1) is 0 Å². The molecule has 1 heterocycles. The number of H-pyrrole nitrogens is 1. The van der Waals surface area contributed by atoms with Gasteiger partial charge in [-0.05, 0) is 12.1 Å². The number of hydrogen-bond acceptors (Lipinski definition) is 5. The molecule has 1 aromatic heterocycles. The summed E-state index contributed by atoms with van der Waals surface area (Å²) in [6.07, 6.45) is 3.75. The van der Waals surface area contributed by atoms with E-state index in [-0.39, 0.29) is 11.4 Å². The molecule has 0 aliphatic carbocycles. The number of anilines is 1. The van der Waals surface area contributed by atoms with Crippen LogP contribution in [-0.2, 0) is 16.4 Å². The molecule has 2 aromatic rings. The summed E-state index contributed by atoms with van der Waals surface area (Å²) in [5, 5.41) is 0. The molecule has 1 aromatic carbocycles. The van der Waals surface area contributed by atoms with Gasteiger partial charge in [-0.2, -0.15) is 0 Å². The molecular weight excluding hydrogens is 266 g/mol. The topological polar surface area (TPSA) is 113 Å². The molecule has 102 valence electrons. The first-order chi connectivity index (χ1) is 9.13. The summed E-state index contributed by atoms with van der Waals surface area (Å²) >= 11 is 0. The number of rotatable bonds is 6. The summed E-state index contributed by atoms with van der Waals surface area (Å²) < 4.78 is 26.7. The van der Waals surface area contributed by atoms with Crippen molar-refractivity contribution in [3.8, 4) is 0 Å². The first-order valence-electron chi connectivity index (χ1n) is 5.66. The van der Waals surface area contributed by atoms with E-state index < -0.39 is 10.0 Å². The highest BCUT2D eigenvalue weighted by atomic mass is 32.2. The van der Waals surface area contributed by atoms with Gasteiger partial charge in [0.25, 0.3) is 0 Å². The Labute approximate surface area is 111 Å². The van der Waals surface area contributed by atoms with Gasteiger partial charge in [0.2, 0.25) is 10.0 Å². The fraction of sp³-hybridized carbons (Fsp3) is 0.182. The van der Waals surface area contributed by atoms with Gasteiger partial charge in [0.1, 0.15) is 4.90 Å². The van der Waals surface area contributed by atoms with Gasteiger partial charge in [-0.15, -0.1) is 0 Å². The molecule has 0 radical (unpaired) electrons. The monoisotopic (exact) mass is 281 g/mol. The molecule has 0 fully saturated rings. The number of sulfonamides is 1. The number of nitrogens with two attached hydrogens (primary N) is 1. The van der Waals surface area contributed by atoms with Crippen molar-refractivity contribution in [1.29, 1.82) is 0 Å². The van der Waals surface area contributed by atoms with Crippen molar-refractivity contribution in [3.63, 3.8) is 0 Å². The predicted octanol–water partition coefficient (Wildman–Crippen LogP) is 0.216. The number of hydrogen-bond donors (Lipinski definition) is 4. The first-order valence-corrected chi connectivity index (χ1v) is 7.14. The smallest absolute Gasteiger partial charge is 0.242 e. The SMILES string of the molecule is NNc1ccccc1S(=O)(=O)NCCc1cnc[nH]1. The molecule has 0 amide bonds. The normalized spacial score (nSPS) is 11.4. The van der Waals surface area contributed by atoms with Crippen LogP contribution in [0.4, 0.5) is 5.69 Å². The lowest BCUT2D eigenvalue weighted by molar-refractivity contribution is 0.581. The van der Waals surface area contributed by atoms with Crippen LogP contribution < -0.4 is 16.0 Å². The average Bonchev–Trinajstić information content (AvgIpc) is 2.91. The number of nitrogen functional groups attached to an aromatic ring is 1. The van der Waals surface area contributed by atoms with Crippen molar-refractivity contribution >= 4 is 15.7 Å². The minimum Gasteiger partial charge on any atom is -0.348 e. The van der Waals surface area contributed by atoms with Gasteiger partial charge in [-0.3, -0.25) is 5.84 Å². The van der Waals surface area contributed by atoms with E-state index >= 15 is 0 Å². The Morgan fingerprint density at radius 3 is 2.79 bits per heavy atom. The number of nitrogens with one attached hydrogen (secondary N) is 3. The Bertz CT molecular complexity index is 624. The van der Waals surface area contributed by atoms with E-state index in [1.165, 1.54) is 6.07 Å². The van der Waals surface area contributed by atoms with Crippen LogP contribution in [0.15, 0.2) is 41.7 Å². The molecule has 0 saturated carbocycles. The molecule has 0 saturated heterocycles. The van der Waals surface area contributed by atoms with Crippen LogP contribution in [0.5, 0.6) is 0 Å². The van der Waals surface area contributed by atoms with Crippen LogP contribution in [0.3, 0.4) is 0 Å². The Kier molecular flexibility index (Phi) is 4.15. The second-order valence-corrected chi connectivity index (χ2v) is 5.60. The van der Waals surface area contributed by atoms with Crippen molar-refractivity contribution in [2.24, 2.45) is 5.84 Å². The summed E-state index contributed by atoms with van der Waals surface area (Å²) in [5.74, 6) is 5.30. The van der Waals surface area contributed by atoms with Crippen molar-refractivity contribution in [3.05, 3.63) is 42.5 Å². The lowest BCUT2D eigenvalue weighted by Gasteiger charge is -2.10. The fourth-order valence-electron chi connectivity index (χ4n) is 1.64. The van der Waals surface area contributed by atoms with E-state index in [0.717, 1.165) is 5.69 Å². The van der Waals surface area contributed by atoms with Crippen molar-refractivity contribution in [2.45, 2.75) is 11.3 Å². The van der Waals surface area contributed by atoms with Gasteiger partial charge in [0, 0.05) is 24.9 Å². The molecule has 7 nitrogen and oxygen atoms in total. The molecule has 0 unspecified atom stereocenters. The summed E-state index contributed by atoms with van der Waals surface area (Å²) in [7, 11) is -3.58. The zero-order valence-electron chi connectivity index (χ0n) is 10.1. The Morgan fingerprint density at radius 2 is 2.11 bits per heavy atom. The summed E-state index contributed by atoms with van der Waals surface area (Å²) in [6, 6.07) is 6.44. The van der Waals surface area contributed by atoms with E-state index in [4.69, 9.17) is 5.84 Å². The quantitative estimate of drug-likeness (QED) is 0.447. The summed E-state index contributed by atoms with van der Waals surface area (Å²) in [6.45, 7) is 0.281. The molecular formula is C11H15N5O2S. The molecule has 0 atom stereocenters. The largest absolute Gasteiger partial charge is 0.348 e. The standard InChI is InChI=1S/C11H15N5O2S/c12-16-10-3-1-2-4-11(10)19(17,18)15-6-5-9-7-13-8-14-9/h1-4,7-8,15-16H,5-6,12H2,(H,13,14). The number of imidazole rings is 1. The zero-order valence-corrected chi connectivity index (χ0v) is 10.9. The maximum atomic E-state index is 12.1. The number of nitrogens with zero attached hydrogens (tertiary/aromatic N) is 1. The zero-order chi connectivity index (χ0) is 13.7. The van der Waals surface area contributed by atoms with Crippen LogP contribution in [0.25, 0.3) is 0 Å². The number of benzene rings is 1. The Hall–Kier alpha value is -1.90. The van der Waals surface area contributed by atoms with Crippen molar-refractivity contribution in [2.75, 3.05) is 12.0 Å². The van der Waals surface area contributed by atoms with E-state index in [0.29, 0.717) is 12.1 Å². The number of aromatic amines is 1. The van der Waals surface area contributed by atoms with Crippen LogP contribution in [0.1, 0.15) is 5.69 Å². The molecule has 8 heteroatoms. The van der Waals surface area contributed by atoms with Crippen LogP contribution >= 0.6 is 0 Å². The van der Waals surface area contributed by atoms with Gasteiger partial charge in [0.05, 0.1) is 12.0 Å². The summed E-state index contributed by atoms with van der Waals surface area (Å²) in [4.78, 5) is 6.90. The third kappa shape index (κ3) is 3.31. The average molecular weight is 281 g/mol. The minimum absolute atomic E-state index is 0.127. The number of hydrazine groups is 1. The highest BCUT2D eigenvalue weighted by Gasteiger charge is 2.17. The van der Waals surface area contributed by atoms with E-state index in [1.54, 1.807) is 30.7 Å². The fourth-order valence-corrected chi connectivity index (χ4v) is 2.84. The van der Waals surface area contributed by atoms with Crippen LogP contribution in [-0.4, -0.2) is 24.9 Å². The highest BCUT2D eigenvalue weighted by Crippen LogP contribution is 2.19. The molecule has 0 bridgehead atoms. The lowest BCUT2D eigenvalue weighted by Crippen LogP contribution is -2.27. The molecule has 19 heavy (non-hydrogen) atoms. The lowest BCUT2D eigenvalue weighted by atomic mass is 10.3. The second-order valence-electron chi connectivity index (χ2n) is 3.87. The van der Waals surface area contributed by atoms with Gasteiger partial charge in [-0.25, -0.2) is 18.1 Å². The Morgan fingerprint density at radius 1 is 1.32 bits per heavy atom. The maximum absolute atomic E-state index is 12.1. The minimum atomic E-state index is -3.58. The number of para-hydroxylation sites is 1. The molecule has 5 N–H and O–H groups in total. The summed E-state index contributed by atoms with van der Waals surface area (Å²) in [5.41, 5.74) is 3.60. The molecule has 2 rings (SSSR count). The highest BCUT2D eigenvalue weighted by molar-refractivity contribution is 7.89. The van der Waals surface area contributed by atoms with Gasteiger partial charge >= 0.3 is 0 Å². The molecule has 0 aliphatic rings. The number of aromatic nitrogens is 2. The van der Waals surface area contributed by atoms with Gasteiger partial charge in [-0.1, -0.05) is 12.1 Å². The maximum Gasteiger partial charge on any atom is 0.242 e. The Balaban J connectivity index is 2.05. The third-order valence-electron chi connectivity index (χ3n) is 2.57. The van der Waals surface area contributed by atoms with Crippen molar-refractivity contribution < 1.29 is 8.42 Å². The van der Waals surface area contributed by atoms with Gasteiger partial charge in [0.15, 0.2) is 0 Å². The molecule has 0 spiro atoms. The van der Waals surface area contributed by atoms with E-state index in [1.807, 2.05) is 0 Å². The van der Waals surface area contributed by atoms with E-state index in [9.17, 15) is 8.42 Å². The second kappa shape index (κ2) is 5.83. The van der Waals surface area contributed by atoms with Crippen molar-refractivity contribution in [1.82, 2.24) is 14.7 Å². The molecule has 0 aliphatic heterocycles. The van der Waals surface area contributed by atoms with E-state index in [2.05, 4.69) is 20.1 Å². The third-order valence-corrected chi connectivity index (χ3v) is 4.09. The first kappa shape index (κ1) is 13.5.